The quantitative estimate of drug-likeness (QED) is 0.348. The molecule has 1 fully saturated rings. The Morgan fingerprint density at radius 1 is 0.973 bits per heavy atom. The molecule has 0 aromatic heterocycles. The van der Waals surface area contributed by atoms with Gasteiger partial charge in [-0.1, -0.05) is 63.4 Å². The molecule has 37 heavy (non-hydrogen) atoms. The number of rotatable bonds is 13. The van der Waals surface area contributed by atoms with Gasteiger partial charge >= 0.3 is 0 Å². The van der Waals surface area contributed by atoms with Gasteiger partial charge in [0.1, 0.15) is 6.04 Å². The van der Waals surface area contributed by atoms with Crippen molar-refractivity contribution in [2.45, 2.75) is 90.8 Å². The second kappa shape index (κ2) is 15.1. The largest absolute Gasteiger partial charge is 0.347 e. The Bertz CT molecular complexity index is 928. The van der Waals surface area contributed by atoms with Crippen molar-refractivity contribution >= 4 is 29.4 Å². The van der Waals surface area contributed by atoms with E-state index in [1.54, 1.807) is 0 Å². The lowest BCUT2D eigenvalue weighted by atomic mass is 9.95. The first-order valence-electron chi connectivity index (χ1n) is 13.3. The van der Waals surface area contributed by atoms with Gasteiger partial charge in [0.15, 0.2) is 0 Å². The summed E-state index contributed by atoms with van der Waals surface area (Å²) < 4.78 is 0. The first-order chi connectivity index (χ1) is 17.6. The standard InChI is InChI=1S/C28H42N4O5/c1-19(2)15-16-32(25(34)18-29-21(4)33)24(17-22-11-7-5-8-12-22)27(36)30-20(3)26(35)28(37)31-23-13-9-6-10-14-23/h5,7-8,11-12,19-20,23-24H,6,9-10,13-18H2,1-4H3,(H,29,33)(H,30,36)(H,31,37). The predicted molar refractivity (Wildman–Crippen MR) is 141 cm³/mol. The summed E-state index contributed by atoms with van der Waals surface area (Å²) in [5.41, 5.74) is 0.846. The number of hydrogen-bond acceptors (Lipinski definition) is 5. The second-order valence-electron chi connectivity index (χ2n) is 10.3. The molecule has 2 atom stereocenters. The Morgan fingerprint density at radius 3 is 2.22 bits per heavy atom. The second-order valence-corrected chi connectivity index (χ2v) is 10.3. The molecule has 0 saturated heterocycles. The number of Topliss-reactive ketones (excluding diaryl/α,β-unsaturated/α-hetero) is 1. The molecular weight excluding hydrogens is 472 g/mol. The lowest BCUT2D eigenvalue weighted by molar-refractivity contribution is -0.143. The number of carbonyl (C=O) groups is 5. The fourth-order valence-electron chi connectivity index (χ4n) is 4.41. The highest BCUT2D eigenvalue weighted by Gasteiger charge is 2.33. The third kappa shape index (κ3) is 10.3. The van der Waals surface area contributed by atoms with E-state index in [-0.39, 0.29) is 36.7 Å². The fraction of sp³-hybridized carbons (Fsp3) is 0.607. The normalized spacial score (nSPS) is 15.4. The Morgan fingerprint density at radius 2 is 1.62 bits per heavy atom. The monoisotopic (exact) mass is 514 g/mol. The molecule has 9 nitrogen and oxygen atoms in total. The molecule has 0 radical (unpaired) electrons. The van der Waals surface area contributed by atoms with E-state index in [0.717, 1.165) is 37.7 Å². The maximum atomic E-state index is 13.5. The Hall–Kier alpha value is -3.23. The zero-order valence-corrected chi connectivity index (χ0v) is 22.5. The van der Waals surface area contributed by atoms with Crippen LogP contribution in [0.1, 0.15) is 71.8 Å². The summed E-state index contributed by atoms with van der Waals surface area (Å²) in [7, 11) is 0. The third-order valence-corrected chi connectivity index (χ3v) is 6.62. The van der Waals surface area contributed by atoms with Gasteiger partial charge in [-0.15, -0.1) is 0 Å². The van der Waals surface area contributed by atoms with Crippen molar-refractivity contribution in [3.8, 4) is 0 Å². The Kier molecular flexibility index (Phi) is 12.3. The molecule has 3 N–H and O–H groups in total. The molecule has 0 heterocycles. The van der Waals surface area contributed by atoms with Crippen LogP contribution in [0, 0.1) is 5.92 Å². The summed E-state index contributed by atoms with van der Waals surface area (Å²) in [6.07, 6.45) is 5.74. The fourth-order valence-corrected chi connectivity index (χ4v) is 4.41. The van der Waals surface area contributed by atoms with Crippen molar-refractivity contribution in [1.82, 2.24) is 20.9 Å². The number of carbonyl (C=O) groups excluding carboxylic acids is 5. The van der Waals surface area contributed by atoms with E-state index >= 15 is 0 Å². The topological polar surface area (TPSA) is 125 Å². The molecular formula is C28H42N4O5. The number of amides is 4. The van der Waals surface area contributed by atoms with E-state index in [2.05, 4.69) is 16.0 Å². The number of nitrogens with zero attached hydrogens (tertiary/aromatic N) is 1. The van der Waals surface area contributed by atoms with Gasteiger partial charge in [-0.2, -0.15) is 0 Å². The SMILES string of the molecule is CC(=O)NCC(=O)N(CCC(C)C)C(Cc1ccccc1)C(=O)NC(C)C(=O)C(=O)NC1CCCCC1. The zero-order chi connectivity index (χ0) is 27.4. The van der Waals surface area contributed by atoms with Crippen LogP contribution in [0.15, 0.2) is 30.3 Å². The van der Waals surface area contributed by atoms with Gasteiger partial charge < -0.3 is 20.9 Å². The van der Waals surface area contributed by atoms with E-state index < -0.39 is 29.7 Å². The predicted octanol–water partition coefficient (Wildman–Crippen LogP) is 2.13. The molecule has 9 heteroatoms. The summed E-state index contributed by atoms with van der Waals surface area (Å²) in [4.78, 5) is 64.9. The van der Waals surface area contributed by atoms with Crippen LogP contribution in [0.3, 0.4) is 0 Å². The van der Waals surface area contributed by atoms with Crippen molar-refractivity contribution in [3.05, 3.63) is 35.9 Å². The molecule has 0 aliphatic heterocycles. The van der Waals surface area contributed by atoms with Gasteiger partial charge in [0.25, 0.3) is 5.91 Å². The lowest BCUT2D eigenvalue weighted by Crippen LogP contribution is -2.57. The van der Waals surface area contributed by atoms with E-state index in [9.17, 15) is 24.0 Å². The summed E-state index contributed by atoms with van der Waals surface area (Å²) in [5, 5.41) is 7.99. The van der Waals surface area contributed by atoms with Crippen LogP contribution in [0.25, 0.3) is 0 Å². The molecule has 0 spiro atoms. The minimum Gasteiger partial charge on any atom is -0.347 e. The Balaban J connectivity index is 2.20. The van der Waals surface area contributed by atoms with Crippen molar-refractivity contribution in [3.63, 3.8) is 0 Å². The number of nitrogens with one attached hydrogen (secondary N) is 3. The van der Waals surface area contributed by atoms with E-state index in [0.29, 0.717) is 13.0 Å². The van der Waals surface area contributed by atoms with Gasteiger partial charge in [-0.05, 0) is 37.7 Å². The average molecular weight is 515 g/mol. The van der Waals surface area contributed by atoms with Crippen LogP contribution in [-0.4, -0.2) is 65.5 Å². The lowest BCUT2D eigenvalue weighted by Gasteiger charge is -2.32. The first-order valence-corrected chi connectivity index (χ1v) is 13.3. The zero-order valence-electron chi connectivity index (χ0n) is 22.5. The third-order valence-electron chi connectivity index (χ3n) is 6.62. The van der Waals surface area contributed by atoms with E-state index in [1.165, 1.54) is 18.7 Å². The van der Waals surface area contributed by atoms with Gasteiger partial charge in [-0.3, -0.25) is 24.0 Å². The number of benzene rings is 1. The smallest absolute Gasteiger partial charge is 0.289 e. The van der Waals surface area contributed by atoms with Crippen LogP contribution in [0.5, 0.6) is 0 Å². The Labute approximate surface area is 220 Å². The minimum atomic E-state index is -1.05. The van der Waals surface area contributed by atoms with Crippen LogP contribution < -0.4 is 16.0 Å². The maximum Gasteiger partial charge on any atom is 0.289 e. The van der Waals surface area contributed by atoms with Crippen molar-refractivity contribution in [2.75, 3.05) is 13.1 Å². The van der Waals surface area contributed by atoms with Crippen LogP contribution >= 0.6 is 0 Å². The van der Waals surface area contributed by atoms with E-state index in [4.69, 9.17) is 0 Å². The van der Waals surface area contributed by atoms with Crippen molar-refractivity contribution in [1.29, 1.82) is 0 Å². The molecule has 0 bridgehead atoms. The molecule has 1 saturated carbocycles. The van der Waals surface area contributed by atoms with Gasteiger partial charge in [0, 0.05) is 25.9 Å². The van der Waals surface area contributed by atoms with Crippen LogP contribution in [-0.2, 0) is 30.4 Å². The molecule has 1 aromatic carbocycles. The molecule has 2 unspecified atom stereocenters. The summed E-state index contributed by atoms with van der Waals surface area (Å²) >= 11 is 0. The molecule has 2 rings (SSSR count). The highest BCUT2D eigenvalue weighted by molar-refractivity contribution is 6.38. The van der Waals surface area contributed by atoms with E-state index in [1.807, 2.05) is 44.2 Å². The molecule has 4 amide bonds. The van der Waals surface area contributed by atoms with Gasteiger partial charge in [-0.25, -0.2) is 0 Å². The molecule has 1 aromatic rings. The summed E-state index contributed by atoms with van der Waals surface area (Å²) in [6, 6.07) is 7.31. The van der Waals surface area contributed by atoms with Crippen LogP contribution in [0.2, 0.25) is 0 Å². The maximum absolute atomic E-state index is 13.5. The first kappa shape index (κ1) is 30.0. The van der Waals surface area contributed by atoms with Crippen LogP contribution in [0.4, 0.5) is 0 Å². The molecule has 204 valence electrons. The summed E-state index contributed by atoms with van der Waals surface area (Å²) in [5.74, 6) is -2.38. The highest BCUT2D eigenvalue weighted by atomic mass is 16.2. The van der Waals surface area contributed by atoms with Gasteiger partial charge in [0.2, 0.25) is 23.5 Å². The highest BCUT2D eigenvalue weighted by Crippen LogP contribution is 2.17. The average Bonchev–Trinajstić information content (AvgIpc) is 2.87. The number of ketones is 1. The van der Waals surface area contributed by atoms with Gasteiger partial charge in [0.05, 0.1) is 12.6 Å². The van der Waals surface area contributed by atoms with Crippen molar-refractivity contribution in [2.24, 2.45) is 5.92 Å². The van der Waals surface area contributed by atoms with Crippen molar-refractivity contribution < 1.29 is 24.0 Å². The number of hydrogen-bond donors (Lipinski definition) is 3. The molecule has 1 aliphatic carbocycles. The minimum absolute atomic E-state index is 0.0168. The summed E-state index contributed by atoms with van der Waals surface area (Å²) in [6.45, 7) is 6.93. The molecule has 1 aliphatic rings.